The van der Waals surface area contributed by atoms with Crippen molar-refractivity contribution in [3.63, 3.8) is 0 Å². The molecule has 6 aromatic rings. The van der Waals surface area contributed by atoms with Gasteiger partial charge in [0.1, 0.15) is 95.8 Å². The molecule has 4 saturated carbocycles. The number of nitrogens with two attached hydrogens (primary N) is 2. The van der Waals surface area contributed by atoms with E-state index in [9.17, 15) is 60.3 Å². The first-order valence-electron chi connectivity index (χ1n) is 41.6. The summed E-state index contributed by atoms with van der Waals surface area (Å²) in [5, 5.41) is 120. The van der Waals surface area contributed by atoms with Crippen LogP contribution in [0.3, 0.4) is 0 Å². The first-order chi connectivity index (χ1) is 58.5. The number of ether oxygens (including phenoxy) is 7. The van der Waals surface area contributed by atoms with Gasteiger partial charge in [-0.25, -0.2) is 0 Å². The number of halogens is 2. The molecule has 2 saturated heterocycles. The van der Waals surface area contributed by atoms with Gasteiger partial charge in [0.15, 0.2) is 41.2 Å². The van der Waals surface area contributed by atoms with Crippen molar-refractivity contribution in [1.29, 1.82) is 0 Å². The van der Waals surface area contributed by atoms with E-state index in [1.54, 1.807) is 6.92 Å². The number of aliphatic hydroxyl groups is 6. The lowest BCUT2D eigenvalue weighted by atomic mass is 9.51. The highest BCUT2D eigenvalue weighted by Crippen LogP contribution is 2.59. The Morgan fingerprint density at radius 3 is 1.94 bits per heavy atom. The SMILES string of the molecule is CC[C@H](CC(C)C)C(=O)N[C@H]1C(=O)C[C@@H](CC(=O)NC(=O)c2ccc(OCCN)cc2)C(=O)N[C@H]2C(=O)C[C@H]3C(=O)N[C@H](C(=O)N[C@H](C(=O)CC4C5CC6CC(C5)CC4C6)c4cc(O)cc(O)c4-c4cc3ccc4O)[C@H](O)c3ccc(c(Cl)c3)Oc3cc2cc(c3O[C@@H]2O[C@H](CO)[C@@H](O)[C@H](O)[C@H]2O[C@H]2C[C@](C)(N)[C@H](O)[C@H](C)O2)Oc2ccc(cc2Cl)[C@H]1O. The van der Waals surface area contributed by atoms with E-state index in [4.69, 9.17) is 67.8 Å². The third-order valence-electron chi connectivity index (χ3n) is 25.3. The van der Waals surface area contributed by atoms with E-state index in [-0.39, 0.29) is 117 Å². The number of benzene rings is 6. The van der Waals surface area contributed by atoms with E-state index in [1.807, 2.05) is 13.8 Å². The highest BCUT2D eigenvalue weighted by atomic mass is 35.5. The minimum Gasteiger partial charge on any atom is -0.508 e. The Hall–Kier alpha value is -9.91. The van der Waals surface area contributed by atoms with Crippen molar-refractivity contribution in [2.45, 2.75) is 209 Å². The van der Waals surface area contributed by atoms with Crippen LogP contribution in [0.5, 0.6) is 51.7 Å². The predicted molar refractivity (Wildman–Crippen MR) is 440 cm³/mol. The summed E-state index contributed by atoms with van der Waals surface area (Å²) in [6, 6.07) is 12.6. The lowest BCUT2D eigenvalue weighted by molar-refractivity contribution is -0.333. The molecular weight excluding hydrogens is 1640 g/mol. The minimum atomic E-state index is -2.26. The molecule has 0 unspecified atom stereocenters. The van der Waals surface area contributed by atoms with Crippen molar-refractivity contribution in [3.05, 3.63) is 147 Å². The molecule has 658 valence electrons. The average Bonchev–Trinajstić information content (AvgIpc) is 0.760. The molecule has 18 N–H and O–H groups in total. The van der Waals surface area contributed by atoms with Gasteiger partial charge >= 0.3 is 0 Å². The number of amides is 6. The second kappa shape index (κ2) is 37.1. The zero-order valence-electron chi connectivity index (χ0n) is 68.2. The van der Waals surface area contributed by atoms with Crippen molar-refractivity contribution in [3.8, 4) is 62.9 Å². The van der Waals surface area contributed by atoms with Crippen molar-refractivity contribution in [2.75, 3.05) is 19.8 Å². The van der Waals surface area contributed by atoms with E-state index in [0.29, 0.717) is 24.0 Å². The molecule has 0 aromatic heterocycles. The summed E-state index contributed by atoms with van der Waals surface area (Å²) in [5.41, 5.74) is 9.07. The molecule has 11 aliphatic rings. The standard InChI is InChI=1S/C89H103Cl2N7O25/c1-6-42(19-38(2)3)83(112)97-74-61(103)28-50(31-69(106)94-84(113)43-7-12-52(13-8-43)117-18-17-92)85(114)95-72-49-29-66(119-64-15-10-45(76(74)107)26-57(64)90)80(123-88-81(79(110)78(109)68(37-99)121-88)122-70-36-89(5,93)82(111)39(4)118-70)67(30-49)120-65-16-11-46(27-58(65)91)77(108)75-87(116)96-73(63(105)34-53-47-21-40-20-41(23-47)24-48(53)22-40)56-32-51(100)33-60(102)71(56)55-25-44(9-14-59(55)101)54(35-62(72)104)86(115)98-75/h7-16,25-27,29-30,32-33,38-42,47-48,50,53-54,68,70,72-79,81-82,88,99-102,107-111H,6,17-24,28,31,34-37,92-93H2,1-5H3,(H,95,114)(H,96,116)(H,97,112)(H,98,115)(H,94,106,113)/t39-,40?,41?,42+,47?,48?,50-,53?,54+,68+,70-,72+,73-,74-,75-,76+,77+,78+,79-,81+,82+,88-,89-/m0/s1. The van der Waals surface area contributed by atoms with Gasteiger partial charge in [-0.3, -0.25) is 48.5 Å². The summed E-state index contributed by atoms with van der Waals surface area (Å²) in [5.74, 6) is -17.0. The number of carbonyl (C=O) groups excluding carboxylic acids is 9. The predicted octanol–water partition coefficient (Wildman–Crippen LogP) is 7.28. The molecule has 123 heavy (non-hydrogen) atoms. The van der Waals surface area contributed by atoms with Gasteiger partial charge in [-0.2, -0.15) is 0 Å². The van der Waals surface area contributed by atoms with Crippen LogP contribution in [0.4, 0.5) is 0 Å². The lowest BCUT2D eigenvalue weighted by Gasteiger charge is -2.54. The number of nitrogens with one attached hydrogen (secondary N) is 5. The van der Waals surface area contributed by atoms with Gasteiger partial charge in [0.05, 0.1) is 40.7 Å². The molecule has 18 atom stereocenters. The molecule has 7 heterocycles. The molecule has 4 aliphatic carbocycles. The number of hydrogen-bond acceptors (Lipinski definition) is 27. The maximum absolute atomic E-state index is 16.8. The van der Waals surface area contributed by atoms with Gasteiger partial charge in [0.25, 0.3) is 5.91 Å². The third kappa shape index (κ3) is 19.2. The minimum absolute atomic E-state index is 0.0551. The Bertz CT molecular complexity index is 5020. The number of aliphatic hydroxyl groups excluding tert-OH is 6. The molecular formula is C89H103Cl2N7O25. The van der Waals surface area contributed by atoms with Gasteiger partial charge in [-0.1, -0.05) is 62.2 Å². The Kier molecular flexibility index (Phi) is 27.0. The number of phenols is 3. The fourth-order valence-electron chi connectivity index (χ4n) is 19.1. The molecule has 6 fully saturated rings. The van der Waals surface area contributed by atoms with Crippen LogP contribution in [0, 0.1) is 47.3 Å². The summed E-state index contributed by atoms with van der Waals surface area (Å²) >= 11 is 14.6. The Morgan fingerprint density at radius 1 is 0.691 bits per heavy atom. The van der Waals surface area contributed by atoms with Crippen LogP contribution in [0.1, 0.15) is 180 Å². The molecule has 7 aliphatic heterocycles. The summed E-state index contributed by atoms with van der Waals surface area (Å²) in [7, 11) is 0. The number of hydrogen-bond donors (Lipinski definition) is 16. The van der Waals surface area contributed by atoms with Gasteiger partial charge < -0.3 is 112 Å². The molecule has 32 nitrogen and oxygen atoms in total. The van der Waals surface area contributed by atoms with E-state index in [1.165, 1.54) is 80.6 Å². The van der Waals surface area contributed by atoms with Crippen molar-refractivity contribution in [2.24, 2.45) is 58.8 Å². The molecule has 0 spiro atoms. The summed E-state index contributed by atoms with van der Waals surface area (Å²) < 4.78 is 44.8. The molecule has 0 radical (unpaired) electrons. The van der Waals surface area contributed by atoms with Gasteiger partial charge in [0.2, 0.25) is 41.6 Å². The lowest BCUT2D eigenvalue weighted by Crippen LogP contribution is -2.64. The van der Waals surface area contributed by atoms with E-state index in [0.717, 1.165) is 68.5 Å². The van der Waals surface area contributed by atoms with E-state index >= 15 is 28.8 Å². The number of imide groups is 1. The Labute approximate surface area is 717 Å². The zero-order chi connectivity index (χ0) is 88.1. The highest BCUT2D eigenvalue weighted by Gasteiger charge is 2.53. The number of phenolic OH excluding ortho intramolecular Hbond substituents is 3. The smallest absolute Gasteiger partial charge is 0.257 e. The maximum atomic E-state index is 16.8. The van der Waals surface area contributed by atoms with Crippen LogP contribution < -0.4 is 57.0 Å². The summed E-state index contributed by atoms with van der Waals surface area (Å²) in [6.45, 7) is 7.86. The average molecular weight is 1740 g/mol. The molecule has 34 heteroatoms. The van der Waals surface area contributed by atoms with E-state index in [2.05, 4.69) is 26.6 Å². The zero-order valence-corrected chi connectivity index (χ0v) is 69.7. The number of Topliss-reactive ketones (excluding diaryl/α,β-unsaturated/α-hetero) is 3. The molecule has 17 rings (SSSR count). The van der Waals surface area contributed by atoms with Crippen molar-refractivity contribution >= 4 is 76.0 Å². The molecule has 15 bridgehead atoms. The van der Waals surface area contributed by atoms with Crippen molar-refractivity contribution in [1.82, 2.24) is 26.6 Å². The van der Waals surface area contributed by atoms with Crippen LogP contribution in [0.25, 0.3) is 11.1 Å². The fraction of sp³-hybridized carbons (Fsp3) is 0.494. The first-order valence-corrected chi connectivity index (χ1v) is 42.3. The number of rotatable bonds is 19. The Morgan fingerprint density at radius 2 is 1.33 bits per heavy atom. The summed E-state index contributed by atoms with van der Waals surface area (Å²) in [6.07, 6.45) is -15.7. The normalized spacial score (nSPS) is 30.8. The van der Waals surface area contributed by atoms with Crippen LogP contribution >= 0.6 is 23.2 Å². The van der Waals surface area contributed by atoms with E-state index < -0.39 is 228 Å². The quantitative estimate of drug-likeness (QED) is 0.0379. The van der Waals surface area contributed by atoms with Crippen LogP contribution in [-0.2, 0) is 52.6 Å². The largest absolute Gasteiger partial charge is 0.508 e. The topological polar surface area (TPSA) is 513 Å². The Balaban J connectivity index is 0.966. The highest BCUT2D eigenvalue weighted by molar-refractivity contribution is 6.32. The van der Waals surface area contributed by atoms with Crippen LogP contribution in [0.15, 0.2) is 103 Å². The second-order valence-electron chi connectivity index (χ2n) is 34.6. The fourth-order valence-corrected chi connectivity index (χ4v) is 19.6. The number of carbonyl (C=O) groups is 9. The van der Waals surface area contributed by atoms with Gasteiger partial charge in [-0.05, 0) is 201 Å². The van der Waals surface area contributed by atoms with Crippen molar-refractivity contribution < 1.29 is 122 Å². The van der Waals surface area contributed by atoms with Crippen LogP contribution in [0.2, 0.25) is 10.0 Å². The summed E-state index contributed by atoms with van der Waals surface area (Å²) in [4.78, 5) is 140. The first kappa shape index (κ1) is 89.4. The molecule has 6 amide bonds. The molecule has 6 aromatic carbocycles. The number of fused-ring (bicyclic) bond motifs is 15. The third-order valence-corrected chi connectivity index (χ3v) is 25.9. The second-order valence-corrected chi connectivity index (χ2v) is 35.4. The maximum Gasteiger partial charge on any atom is 0.257 e. The van der Waals surface area contributed by atoms with Gasteiger partial charge in [0, 0.05) is 72.9 Å². The number of aromatic hydroxyl groups is 3. The number of ketones is 3. The van der Waals surface area contributed by atoms with Crippen LogP contribution in [-0.4, -0.2) is 185 Å². The van der Waals surface area contributed by atoms with Gasteiger partial charge in [-0.15, -0.1) is 0 Å². The monoisotopic (exact) mass is 1740 g/mol.